The largest absolute Gasteiger partial charge is 0.463 e. The lowest BCUT2D eigenvalue weighted by Gasteiger charge is -2.30. The number of amides is 1. The fourth-order valence-electron chi connectivity index (χ4n) is 3.42. The summed E-state index contributed by atoms with van der Waals surface area (Å²) >= 11 is 0. The fraction of sp³-hybridized carbons (Fsp3) is 0.467. The van der Waals surface area contributed by atoms with Crippen molar-refractivity contribution in [1.29, 1.82) is 0 Å². The van der Waals surface area contributed by atoms with Gasteiger partial charge in [0.2, 0.25) is 0 Å². The van der Waals surface area contributed by atoms with Crippen molar-refractivity contribution in [2.45, 2.75) is 18.9 Å². The number of aromatic nitrogens is 1. The summed E-state index contributed by atoms with van der Waals surface area (Å²) < 4.78 is 5.24. The third kappa shape index (κ3) is 2.76. The minimum absolute atomic E-state index is 0. The first kappa shape index (κ1) is 14.4. The lowest BCUT2D eigenvalue weighted by molar-refractivity contribution is 0.0904. The number of nitrogens with zero attached hydrogens (tertiary/aromatic N) is 2. The predicted octanol–water partition coefficient (Wildman–Crippen LogP) is 2.07. The zero-order chi connectivity index (χ0) is 13.5. The highest BCUT2D eigenvalue weighted by Crippen LogP contribution is 2.26. The Morgan fingerprint density at radius 3 is 3.19 bits per heavy atom. The van der Waals surface area contributed by atoms with E-state index in [2.05, 4.69) is 15.2 Å². The number of fused-ring (bicyclic) bond motifs is 3. The maximum Gasteiger partial charge on any atom is 0.270 e. The molecule has 1 unspecified atom stereocenters. The van der Waals surface area contributed by atoms with Crippen molar-refractivity contribution < 1.29 is 9.21 Å². The number of hydrogen-bond acceptors (Lipinski definition) is 4. The molecule has 21 heavy (non-hydrogen) atoms. The van der Waals surface area contributed by atoms with Crippen LogP contribution < -0.4 is 5.32 Å². The van der Waals surface area contributed by atoms with Gasteiger partial charge in [0.05, 0.1) is 12.5 Å². The van der Waals surface area contributed by atoms with Crippen molar-refractivity contribution in [3.8, 4) is 0 Å². The quantitative estimate of drug-likeness (QED) is 0.923. The minimum atomic E-state index is -0.0828. The molecule has 2 aromatic heterocycles. The first-order chi connectivity index (χ1) is 9.78. The van der Waals surface area contributed by atoms with Crippen LogP contribution in [0.3, 0.4) is 0 Å². The lowest BCUT2D eigenvalue weighted by atomic mass is 9.97. The van der Waals surface area contributed by atoms with Gasteiger partial charge in [-0.15, -0.1) is 12.4 Å². The van der Waals surface area contributed by atoms with Crippen molar-refractivity contribution in [2.24, 2.45) is 5.92 Å². The number of hydrogen-bond donors (Lipinski definition) is 1. The van der Waals surface area contributed by atoms with E-state index in [0.717, 1.165) is 24.3 Å². The number of piperidine rings is 1. The first-order valence-electron chi connectivity index (χ1n) is 7.14. The van der Waals surface area contributed by atoms with Gasteiger partial charge >= 0.3 is 0 Å². The highest BCUT2D eigenvalue weighted by atomic mass is 35.5. The van der Waals surface area contributed by atoms with Gasteiger partial charge in [-0.05, 0) is 37.4 Å². The minimum Gasteiger partial charge on any atom is -0.463 e. The number of furan rings is 1. The molecule has 2 aliphatic heterocycles. The van der Waals surface area contributed by atoms with E-state index >= 15 is 0 Å². The van der Waals surface area contributed by atoms with Crippen molar-refractivity contribution in [1.82, 2.24) is 15.2 Å². The summed E-state index contributed by atoms with van der Waals surface area (Å²) in [6, 6.07) is 3.89. The van der Waals surface area contributed by atoms with Gasteiger partial charge < -0.3 is 14.6 Å². The summed E-state index contributed by atoms with van der Waals surface area (Å²) in [5.74, 6) is 0.666. The number of carbonyl (C=O) groups is 1. The van der Waals surface area contributed by atoms with Crippen molar-refractivity contribution in [3.05, 3.63) is 30.3 Å². The summed E-state index contributed by atoms with van der Waals surface area (Å²) in [5.41, 5.74) is 1.18. The highest BCUT2D eigenvalue weighted by molar-refractivity contribution is 5.95. The third-order valence-corrected chi connectivity index (χ3v) is 4.37. The average Bonchev–Trinajstić information content (AvgIpc) is 3.04. The molecule has 2 saturated heterocycles. The van der Waals surface area contributed by atoms with Crippen LogP contribution in [0, 0.1) is 5.92 Å². The number of rotatable bonds is 2. The van der Waals surface area contributed by atoms with E-state index in [1.165, 1.54) is 19.5 Å². The molecule has 0 spiro atoms. The molecule has 2 fully saturated rings. The third-order valence-electron chi connectivity index (χ3n) is 4.37. The molecule has 1 amide bonds. The standard InChI is InChI=1S/C15H17N3O2.ClH/c19-15(13-6-11-2-4-20-14(11)7-16-13)17-12-5-10-1-3-18(8-10)9-12;/h2,4,6-7,10,12H,1,3,5,8-9H2,(H,17,19);1H/t10-,12-;/m1./s1. The zero-order valence-electron chi connectivity index (χ0n) is 11.6. The van der Waals surface area contributed by atoms with Crippen LogP contribution in [-0.2, 0) is 0 Å². The Kier molecular flexibility index (Phi) is 3.87. The molecule has 4 heterocycles. The number of pyridine rings is 1. The van der Waals surface area contributed by atoms with Crippen LogP contribution in [0.5, 0.6) is 0 Å². The molecular formula is C15H18ClN3O2. The molecule has 2 aliphatic rings. The lowest BCUT2D eigenvalue weighted by Crippen LogP contribution is -2.47. The van der Waals surface area contributed by atoms with Crippen LogP contribution in [-0.4, -0.2) is 41.5 Å². The Labute approximate surface area is 129 Å². The predicted molar refractivity (Wildman–Crippen MR) is 81.7 cm³/mol. The van der Waals surface area contributed by atoms with E-state index in [1.807, 2.05) is 6.07 Å². The molecule has 2 aromatic rings. The van der Waals surface area contributed by atoms with E-state index in [0.29, 0.717) is 11.3 Å². The summed E-state index contributed by atoms with van der Waals surface area (Å²) in [6.07, 6.45) is 5.58. The first-order valence-corrected chi connectivity index (χ1v) is 7.14. The van der Waals surface area contributed by atoms with E-state index in [4.69, 9.17) is 4.42 Å². The molecule has 112 valence electrons. The normalized spacial score (nSPS) is 27.3. The van der Waals surface area contributed by atoms with E-state index in [1.54, 1.807) is 18.5 Å². The van der Waals surface area contributed by atoms with E-state index < -0.39 is 0 Å². The van der Waals surface area contributed by atoms with Crippen molar-refractivity contribution in [3.63, 3.8) is 0 Å². The van der Waals surface area contributed by atoms with E-state index in [9.17, 15) is 4.79 Å². The van der Waals surface area contributed by atoms with Gasteiger partial charge in [-0.3, -0.25) is 4.79 Å². The zero-order valence-corrected chi connectivity index (χ0v) is 12.4. The number of carbonyl (C=O) groups excluding carboxylic acids is 1. The van der Waals surface area contributed by atoms with Crippen LogP contribution in [0.4, 0.5) is 0 Å². The van der Waals surface area contributed by atoms with E-state index in [-0.39, 0.29) is 24.4 Å². The molecule has 4 rings (SSSR count). The summed E-state index contributed by atoms with van der Waals surface area (Å²) in [6.45, 7) is 3.35. The summed E-state index contributed by atoms with van der Waals surface area (Å²) in [4.78, 5) is 18.9. The Morgan fingerprint density at radius 2 is 2.33 bits per heavy atom. The average molecular weight is 308 g/mol. The highest BCUT2D eigenvalue weighted by Gasteiger charge is 2.33. The van der Waals surface area contributed by atoms with Gasteiger partial charge in [-0.25, -0.2) is 4.98 Å². The Bertz CT molecular complexity index is 645. The maximum absolute atomic E-state index is 12.3. The van der Waals surface area contributed by atoms with Crippen LogP contribution in [0.2, 0.25) is 0 Å². The Hall–Kier alpha value is -1.59. The molecule has 3 atom stereocenters. The number of halogens is 1. The maximum atomic E-state index is 12.3. The molecule has 0 aromatic carbocycles. The molecule has 0 radical (unpaired) electrons. The van der Waals surface area contributed by atoms with Crippen LogP contribution in [0.25, 0.3) is 11.0 Å². The second-order valence-electron chi connectivity index (χ2n) is 5.85. The molecule has 2 bridgehead atoms. The van der Waals surface area contributed by atoms with Crippen LogP contribution >= 0.6 is 12.4 Å². The smallest absolute Gasteiger partial charge is 0.270 e. The Morgan fingerprint density at radius 1 is 1.43 bits per heavy atom. The van der Waals surface area contributed by atoms with Gasteiger partial charge in [0.1, 0.15) is 5.69 Å². The molecule has 0 saturated carbocycles. The topological polar surface area (TPSA) is 58.4 Å². The molecule has 0 aliphatic carbocycles. The monoisotopic (exact) mass is 307 g/mol. The summed E-state index contributed by atoms with van der Waals surface area (Å²) in [5, 5.41) is 4.03. The molecule has 6 heteroatoms. The van der Waals surface area contributed by atoms with Gasteiger partial charge in [-0.2, -0.15) is 0 Å². The fourth-order valence-corrected chi connectivity index (χ4v) is 3.42. The molecule has 1 N–H and O–H groups in total. The SMILES string of the molecule is Cl.O=C(N[C@@H]1C[C@H]2CCN(C2)C1)c1cc2ccoc2cn1. The van der Waals surface area contributed by atoms with Gasteiger partial charge in [0.25, 0.3) is 5.91 Å². The Balaban J connectivity index is 0.00000132. The van der Waals surface area contributed by atoms with Crippen molar-refractivity contribution >= 4 is 29.3 Å². The van der Waals surface area contributed by atoms with Crippen LogP contribution in [0.1, 0.15) is 23.3 Å². The second-order valence-corrected chi connectivity index (χ2v) is 5.85. The van der Waals surface area contributed by atoms with Crippen molar-refractivity contribution in [2.75, 3.05) is 19.6 Å². The summed E-state index contributed by atoms with van der Waals surface area (Å²) in [7, 11) is 0. The van der Waals surface area contributed by atoms with Gasteiger partial charge in [0, 0.05) is 24.5 Å². The van der Waals surface area contributed by atoms with Gasteiger partial charge in [0.15, 0.2) is 5.58 Å². The number of nitrogens with one attached hydrogen (secondary N) is 1. The van der Waals surface area contributed by atoms with Crippen LogP contribution in [0.15, 0.2) is 29.0 Å². The van der Waals surface area contributed by atoms with Gasteiger partial charge in [-0.1, -0.05) is 0 Å². The molecular weight excluding hydrogens is 290 g/mol. The molecule has 5 nitrogen and oxygen atoms in total. The second kappa shape index (κ2) is 5.66.